The third-order valence-corrected chi connectivity index (χ3v) is 6.55. The van der Waals surface area contributed by atoms with Crippen LogP contribution < -0.4 is 9.73 Å². The smallest absolute Gasteiger partial charge is 0.212 e. The Morgan fingerprint density at radius 3 is 2.39 bits per heavy atom. The van der Waals surface area contributed by atoms with Gasteiger partial charge >= 0.3 is 0 Å². The van der Waals surface area contributed by atoms with E-state index < -0.39 is 0 Å². The summed E-state index contributed by atoms with van der Waals surface area (Å²) in [5.74, 6) is 1.82. The molecule has 0 bridgehead atoms. The second-order valence-electron chi connectivity index (χ2n) is 8.45. The largest absolute Gasteiger partial charge is 0.455 e. The average Bonchev–Trinajstić information content (AvgIpc) is 3.23. The molecule has 0 atom stereocenters. The molecular formula is C31H20NO+. The van der Waals surface area contributed by atoms with Crippen LogP contribution in [0.25, 0.3) is 27.1 Å². The van der Waals surface area contributed by atoms with Gasteiger partial charge in [0.15, 0.2) is 0 Å². The zero-order chi connectivity index (χ0) is 21.8. The van der Waals surface area contributed by atoms with Gasteiger partial charge in [-0.25, -0.2) is 4.99 Å². The molecule has 0 radical (unpaired) electrons. The highest BCUT2D eigenvalue weighted by molar-refractivity contribution is 6.19. The van der Waals surface area contributed by atoms with Crippen molar-refractivity contribution in [3.05, 3.63) is 132 Å². The predicted molar refractivity (Wildman–Crippen MR) is 135 cm³/mol. The van der Waals surface area contributed by atoms with E-state index in [4.69, 9.17) is 4.74 Å². The van der Waals surface area contributed by atoms with Crippen molar-refractivity contribution in [1.82, 2.24) is 0 Å². The number of benzene rings is 5. The Bertz CT molecular complexity index is 1680. The zero-order valence-electron chi connectivity index (χ0n) is 17.9. The second-order valence-corrected chi connectivity index (χ2v) is 8.45. The Hall–Kier alpha value is -4.43. The van der Waals surface area contributed by atoms with Crippen LogP contribution in [-0.4, -0.2) is 5.71 Å². The van der Waals surface area contributed by atoms with Gasteiger partial charge in [0.25, 0.3) is 0 Å². The molecule has 2 nitrogen and oxygen atoms in total. The molecule has 7 rings (SSSR count). The predicted octanol–water partition coefficient (Wildman–Crippen LogP) is 6.30. The molecule has 0 fully saturated rings. The summed E-state index contributed by atoms with van der Waals surface area (Å²) < 4.78 is 6.40. The summed E-state index contributed by atoms with van der Waals surface area (Å²) in [6.45, 7) is 0. The topological polar surface area (TPSA) is 23.2 Å². The van der Waals surface area contributed by atoms with E-state index >= 15 is 0 Å². The summed E-state index contributed by atoms with van der Waals surface area (Å²) in [5, 5.41) is 4.87. The van der Waals surface area contributed by atoms with Crippen molar-refractivity contribution < 1.29 is 9.73 Å². The quantitative estimate of drug-likeness (QED) is 0.348. The van der Waals surface area contributed by atoms with Gasteiger partial charge in [-0.15, -0.1) is 0 Å². The van der Waals surface area contributed by atoms with Crippen molar-refractivity contribution in [2.75, 3.05) is 0 Å². The maximum Gasteiger partial charge on any atom is 0.212 e. The van der Waals surface area contributed by atoms with Gasteiger partial charge in [0.1, 0.15) is 11.5 Å². The maximum absolute atomic E-state index is 6.40. The van der Waals surface area contributed by atoms with Gasteiger partial charge in [-0.1, -0.05) is 84.9 Å². The number of allylic oxidation sites excluding steroid dienone is 3. The van der Waals surface area contributed by atoms with Crippen LogP contribution in [0.2, 0.25) is 0 Å². The number of rotatable bonds is 2. The van der Waals surface area contributed by atoms with Crippen LogP contribution in [-0.2, 0) is 0 Å². The van der Waals surface area contributed by atoms with E-state index in [-0.39, 0.29) is 0 Å². The first kappa shape index (κ1) is 18.2. The normalized spacial score (nSPS) is 15.0. The SMILES string of the molecule is C(=C/C1=[NH+]c2cccc3cccc1c23)/C=C1\c2ccccc2Oc2c1ccc1ccccc21. The van der Waals surface area contributed by atoms with Crippen molar-refractivity contribution in [3.63, 3.8) is 0 Å². The lowest BCUT2D eigenvalue weighted by atomic mass is 9.91. The molecule has 154 valence electrons. The lowest BCUT2D eigenvalue weighted by Crippen LogP contribution is -2.63. The van der Waals surface area contributed by atoms with E-state index in [0.717, 1.165) is 33.7 Å². The molecule has 0 saturated heterocycles. The van der Waals surface area contributed by atoms with E-state index in [1.165, 1.54) is 33.0 Å². The lowest BCUT2D eigenvalue weighted by Gasteiger charge is -2.24. The molecule has 1 N–H and O–H groups in total. The number of fused-ring (bicyclic) bond motifs is 4. The molecule has 0 amide bonds. The maximum atomic E-state index is 6.40. The summed E-state index contributed by atoms with van der Waals surface area (Å²) in [6, 6.07) is 33.9. The monoisotopic (exact) mass is 422 g/mol. The van der Waals surface area contributed by atoms with Gasteiger partial charge in [0.2, 0.25) is 11.4 Å². The van der Waals surface area contributed by atoms with Gasteiger partial charge in [-0.2, -0.15) is 0 Å². The molecule has 2 heterocycles. The molecule has 2 aliphatic heterocycles. The summed E-state index contributed by atoms with van der Waals surface area (Å²) in [7, 11) is 0. The van der Waals surface area contributed by atoms with Crippen LogP contribution in [0.1, 0.15) is 16.7 Å². The molecule has 0 spiro atoms. The average molecular weight is 423 g/mol. The molecule has 0 aliphatic carbocycles. The molecular weight excluding hydrogens is 402 g/mol. The summed E-state index contributed by atoms with van der Waals surface area (Å²) >= 11 is 0. The minimum atomic E-state index is 0.893. The lowest BCUT2D eigenvalue weighted by molar-refractivity contribution is -0.347. The summed E-state index contributed by atoms with van der Waals surface area (Å²) in [6.07, 6.45) is 6.51. The molecule has 0 saturated carbocycles. The highest BCUT2D eigenvalue weighted by Crippen LogP contribution is 2.46. The van der Waals surface area contributed by atoms with Crippen LogP contribution in [0.4, 0.5) is 5.69 Å². The van der Waals surface area contributed by atoms with Crippen LogP contribution in [0.3, 0.4) is 0 Å². The number of nitrogens with one attached hydrogen (secondary N) is 1. The Morgan fingerprint density at radius 1 is 0.636 bits per heavy atom. The van der Waals surface area contributed by atoms with Crippen molar-refractivity contribution >= 4 is 38.5 Å². The Morgan fingerprint density at radius 2 is 1.42 bits per heavy atom. The highest BCUT2D eigenvalue weighted by atomic mass is 16.5. The minimum absolute atomic E-state index is 0.893. The number of hydrogen-bond acceptors (Lipinski definition) is 1. The Labute approximate surface area is 191 Å². The van der Waals surface area contributed by atoms with Gasteiger partial charge in [-0.3, -0.25) is 0 Å². The van der Waals surface area contributed by atoms with Crippen molar-refractivity contribution in [1.29, 1.82) is 0 Å². The first-order valence-electron chi connectivity index (χ1n) is 11.2. The van der Waals surface area contributed by atoms with Crippen LogP contribution in [0.5, 0.6) is 11.5 Å². The van der Waals surface area contributed by atoms with E-state index in [9.17, 15) is 0 Å². The molecule has 5 aromatic carbocycles. The fraction of sp³-hybridized carbons (Fsp3) is 0. The number of para-hydroxylation sites is 1. The number of ether oxygens (including phenoxy) is 1. The molecule has 2 aliphatic rings. The first-order valence-corrected chi connectivity index (χ1v) is 11.2. The van der Waals surface area contributed by atoms with E-state index in [2.05, 4.69) is 108 Å². The summed E-state index contributed by atoms with van der Waals surface area (Å²) in [4.78, 5) is 3.58. The molecule has 33 heavy (non-hydrogen) atoms. The standard InChI is InChI=1S/C31H19NO/c1-2-11-22-20(8-1)18-19-25-23(24-12-3-4-17-29(24)33-31(22)25)13-7-15-27-26-14-5-9-21-10-6-16-28(32-27)30(21)26/h1-19H/p+1/b15-7-,23-13+. The fourth-order valence-electron chi connectivity index (χ4n) is 5.03. The third kappa shape index (κ3) is 2.78. The third-order valence-electron chi connectivity index (χ3n) is 6.55. The van der Waals surface area contributed by atoms with Gasteiger partial charge in [0.05, 0.1) is 10.9 Å². The second kappa shape index (κ2) is 7.04. The molecule has 5 aromatic rings. The highest BCUT2D eigenvalue weighted by Gasteiger charge is 2.24. The molecule has 0 aromatic heterocycles. The van der Waals surface area contributed by atoms with Gasteiger partial charge in [0, 0.05) is 28.7 Å². The van der Waals surface area contributed by atoms with Crippen LogP contribution in [0, 0.1) is 0 Å². The Kier molecular flexibility index (Phi) is 3.88. The van der Waals surface area contributed by atoms with Crippen molar-refractivity contribution in [2.45, 2.75) is 0 Å². The van der Waals surface area contributed by atoms with Gasteiger partial charge in [-0.05, 0) is 34.5 Å². The number of hydrogen-bond donors (Lipinski definition) is 1. The summed E-state index contributed by atoms with van der Waals surface area (Å²) in [5.41, 5.74) is 6.94. The molecule has 0 unspecified atom stereocenters. The fourth-order valence-corrected chi connectivity index (χ4v) is 5.03. The molecule has 2 heteroatoms. The van der Waals surface area contributed by atoms with Gasteiger partial charge < -0.3 is 4.74 Å². The van der Waals surface area contributed by atoms with Crippen molar-refractivity contribution in [3.8, 4) is 11.5 Å². The van der Waals surface area contributed by atoms with E-state index in [1.54, 1.807) is 0 Å². The van der Waals surface area contributed by atoms with E-state index in [0.29, 0.717) is 0 Å². The Balaban J connectivity index is 1.36. The van der Waals surface area contributed by atoms with E-state index in [1.807, 2.05) is 12.1 Å². The van der Waals surface area contributed by atoms with Crippen molar-refractivity contribution in [2.24, 2.45) is 0 Å². The van der Waals surface area contributed by atoms with Crippen LogP contribution in [0.15, 0.2) is 115 Å². The zero-order valence-corrected chi connectivity index (χ0v) is 17.9. The first-order chi connectivity index (χ1) is 16.4. The minimum Gasteiger partial charge on any atom is -0.455 e. The van der Waals surface area contributed by atoms with Crippen LogP contribution >= 0.6 is 0 Å².